The van der Waals surface area contributed by atoms with Gasteiger partial charge in [-0.3, -0.25) is 9.59 Å². The van der Waals surface area contributed by atoms with Crippen molar-refractivity contribution < 1.29 is 4.79 Å². The highest BCUT2D eigenvalue weighted by atomic mass is 16.2. The first-order chi connectivity index (χ1) is 11.7. The number of aryl methyl sites for hydroxylation is 1. The maximum Gasteiger partial charge on any atom is 0.267 e. The standard InChI is InChI=1S/C17H17N5O2/c1-2-13-4-6-14(7-5-13)19-16(23)12-22-17(24)9-8-15(20-22)21-11-3-10-18-21/h3-11H,2,12H2,1H3,(H,19,23). The summed E-state index contributed by atoms with van der Waals surface area (Å²) >= 11 is 0. The zero-order valence-corrected chi connectivity index (χ0v) is 13.2. The number of nitrogens with zero attached hydrogens (tertiary/aromatic N) is 4. The lowest BCUT2D eigenvalue weighted by Gasteiger charge is -2.08. The van der Waals surface area contributed by atoms with Gasteiger partial charge in [-0.1, -0.05) is 19.1 Å². The summed E-state index contributed by atoms with van der Waals surface area (Å²) < 4.78 is 2.64. The van der Waals surface area contributed by atoms with E-state index in [-0.39, 0.29) is 18.0 Å². The van der Waals surface area contributed by atoms with Crippen LogP contribution in [-0.4, -0.2) is 25.5 Å². The van der Waals surface area contributed by atoms with Gasteiger partial charge in [0.15, 0.2) is 5.82 Å². The molecule has 0 radical (unpaired) electrons. The Morgan fingerprint density at radius 3 is 2.62 bits per heavy atom. The lowest BCUT2D eigenvalue weighted by atomic mass is 10.1. The Hall–Kier alpha value is -3.22. The first-order valence-corrected chi connectivity index (χ1v) is 7.62. The molecule has 0 saturated heterocycles. The van der Waals surface area contributed by atoms with Gasteiger partial charge < -0.3 is 5.32 Å². The van der Waals surface area contributed by atoms with E-state index in [0.29, 0.717) is 11.5 Å². The molecule has 0 bridgehead atoms. The van der Waals surface area contributed by atoms with Crippen molar-refractivity contribution in [3.05, 3.63) is 70.8 Å². The summed E-state index contributed by atoms with van der Waals surface area (Å²) in [6.45, 7) is 1.90. The van der Waals surface area contributed by atoms with Crippen molar-refractivity contribution in [3.63, 3.8) is 0 Å². The largest absolute Gasteiger partial charge is 0.324 e. The molecule has 0 fully saturated rings. The molecule has 7 nitrogen and oxygen atoms in total. The van der Waals surface area contributed by atoms with E-state index >= 15 is 0 Å². The van der Waals surface area contributed by atoms with Gasteiger partial charge in [-0.05, 0) is 36.2 Å². The molecule has 0 aliphatic rings. The predicted octanol–water partition coefficient (Wildman–Crippen LogP) is 1.63. The lowest BCUT2D eigenvalue weighted by molar-refractivity contribution is -0.117. The summed E-state index contributed by atoms with van der Waals surface area (Å²) in [5, 5.41) is 11.0. The summed E-state index contributed by atoms with van der Waals surface area (Å²) in [7, 11) is 0. The minimum Gasteiger partial charge on any atom is -0.324 e. The van der Waals surface area contributed by atoms with Gasteiger partial charge in [0.2, 0.25) is 5.91 Å². The van der Waals surface area contributed by atoms with E-state index < -0.39 is 0 Å². The van der Waals surface area contributed by atoms with Crippen LogP contribution < -0.4 is 10.9 Å². The molecule has 122 valence electrons. The fraction of sp³-hybridized carbons (Fsp3) is 0.176. The molecular formula is C17H17N5O2. The predicted molar refractivity (Wildman–Crippen MR) is 90.1 cm³/mol. The van der Waals surface area contributed by atoms with E-state index in [2.05, 4.69) is 22.4 Å². The van der Waals surface area contributed by atoms with E-state index in [0.717, 1.165) is 11.1 Å². The molecule has 1 amide bonds. The van der Waals surface area contributed by atoms with Crippen molar-refractivity contribution in [2.24, 2.45) is 0 Å². The third-order valence-electron chi connectivity index (χ3n) is 3.53. The molecule has 0 saturated carbocycles. The van der Waals surface area contributed by atoms with Crippen LogP contribution in [-0.2, 0) is 17.8 Å². The lowest BCUT2D eigenvalue weighted by Crippen LogP contribution is -2.30. The Balaban J connectivity index is 1.73. The third kappa shape index (κ3) is 3.57. The average molecular weight is 323 g/mol. The number of hydrogen-bond donors (Lipinski definition) is 1. The average Bonchev–Trinajstić information content (AvgIpc) is 3.12. The fourth-order valence-corrected chi connectivity index (χ4v) is 2.24. The highest BCUT2D eigenvalue weighted by Gasteiger charge is 2.08. The van der Waals surface area contributed by atoms with Gasteiger partial charge in [-0.15, -0.1) is 5.10 Å². The minimum atomic E-state index is -0.345. The van der Waals surface area contributed by atoms with Crippen molar-refractivity contribution in [1.29, 1.82) is 0 Å². The van der Waals surface area contributed by atoms with Gasteiger partial charge in [0, 0.05) is 24.1 Å². The third-order valence-corrected chi connectivity index (χ3v) is 3.53. The van der Waals surface area contributed by atoms with E-state index in [1.54, 1.807) is 24.5 Å². The summed E-state index contributed by atoms with van der Waals surface area (Å²) in [4.78, 5) is 24.1. The number of carbonyl (C=O) groups is 1. The minimum absolute atomic E-state index is 0.163. The van der Waals surface area contributed by atoms with Crippen LogP contribution >= 0.6 is 0 Å². The number of benzene rings is 1. The quantitative estimate of drug-likeness (QED) is 0.774. The first kappa shape index (κ1) is 15.7. The van der Waals surface area contributed by atoms with E-state index in [9.17, 15) is 9.59 Å². The van der Waals surface area contributed by atoms with Crippen molar-refractivity contribution >= 4 is 11.6 Å². The molecule has 0 aliphatic heterocycles. The van der Waals surface area contributed by atoms with Gasteiger partial charge in [-0.2, -0.15) is 5.10 Å². The zero-order valence-electron chi connectivity index (χ0n) is 13.2. The zero-order chi connectivity index (χ0) is 16.9. The molecule has 2 aromatic heterocycles. The summed E-state index contributed by atoms with van der Waals surface area (Å²) in [6, 6.07) is 12.3. The van der Waals surface area contributed by atoms with Crippen LogP contribution in [0, 0.1) is 0 Å². The molecule has 3 rings (SSSR count). The molecule has 3 aromatic rings. The second-order valence-corrected chi connectivity index (χ2v) is 5.24. The topological polar surface area (TPSA) is 81.8 Å². The van der Waals surface area contributed by atoms with Crippen LogP contribution in [0.4, 0.5) is 5.69 Å². The highest BCUT2D eigenvalue weighted by Crippen LogP contribution is 2.10. The monoisotopic (exact) mass is 323 g/mol. The van der Waals surface area contributed by atoms with E-state index in [1.165, 1.54) is 16.3 Å². The van der Waals surface area contributed by atoms with Crippen LogP contribution in [0.5, 0.6) is 0 Å². The van der Waals surface area contributed by atoms with Crippen LogP contribution in [0.15, 0.2) is 59.7 Å². The number of hydrogen-bond acceptors (Lipinski definition) is 4. The molecule has 0 atom stereocenters. The van der Waals surface area contributed by atoms with Crippen LogP contribution in [0.25, 0.3) is 5.82 Å². The molecule has 1 N–H and O–H groups in total. The maximum atomic E-state index is 12.2. The Morgan fingerprint density at radius 1 is 1.17 bits per heavy atom. The van der Waals surface area contributed by atoms with Crippen molar-refractivity contribution in [1.82, 2.24) is 19.6 Å². The molecule has 24 heavy (non-hydrogen) atoms. The number of aromatic nitrogens is 4. The smallest absolute Gasteiger partial charge is 0.267 e. The SMILES string of the molecule is CCc1ccc(NC(=O)Cn2nc(-n3cccn3)ccc2=O)cc1. The van der Waals surface area contributed by atoms with Crippen molar-refractivity contribution in [2.75, 3.05) is 5.32 Å². The molecule has 7 heteroatoms. The Bertz CT molecular complexity index is 882. The van der Waals surface area contributed by atoms with Gasteiger partial charge in [0.1, 0.15) is 6.54 Å². The van der Waals surface area contributed by atoms with Crippen molar-refractivity contribution in [2.45, 2.75) is 19.9 Å². The van der Waals surface area contributed by atoms with Gasteiger partial charge in [0.05, 0.1) is 0 Å². The first-order valence-electron chi connectivity index (χ1n) is 7.62. The van der Waals surface area contributed by atoms with Crippen molar-refractivity contribution in [3.8, 4) is 5.82 Å². The summed E-state index contributed by atoms with van der Waals surface area (Å²) in [5.74, 6) is 0.158. The number of carbonyl (C=O) groups excluding carboxylic acids is 1. The van der Waals surface area contributed by atoms with Gasteiger partial charge in [0.25, 0.3) is 5.56 Å². The molecule has 2 heterocycles. The second kappa shape index (κ2) is 6.91. The Kier molecular flexibility index (Phi) is 4.51. The van der Waals surface area contributed by atoms with E-state index in [4.69, 9.17) is 0 Å². The Morgan fingerprint density at radius 2 is 1.96 bits per heavy atom. The number of amides is 1. The summed E-state index contributed by atoms with van der Waals surface area (Å²) in [5.41, 5.74) is 1.54. The highest BCUT2D eigenvalue weighted by molar-refractivity contribution is 5.90. The molecule has 0 aliphatic carbocycles. The number of rotatable bonds is 5. The summed E-state index contributed by atoms with van der Waals surface area (Å²) in [6.07, 6.45) is 4.27. The molecular weight excluding hydrogens is 306 g/mol. The number of nitrogens with one attached hydrogen (secondary N) is 1. The maximum absolute atomic E-state index is 12.2. The molecule has 0 unspecified atom stereocenters. The molecule has 0 spiro atoms. The van der Waals surface area contributed by atoms with Crippen LogP contribution in [0.3, 0.4) is 0 Å². The Labute approximate surface area is 138 Å². The fourth-order valence-electron chi connectivity index (χ4n) is 2.24. The van der Waals surface area contributed by atoms with Crippen LogP contribution in [0.1, 0.15) is 12.5 Å². The van der Waals surface area contributed by atoms with E-state index in [1.807, 2.05) is 24.3 Å². The van der Waals surface area contributed by atoms with Gasteiger partial charge >= 0.3 is 0 Å². The van der Waals surface area contributed by atoms with Gasteiger partial charge in [-0.25, -0.2) is 9.36 Å². The molecule has 1 aromatic carbocycles. The second-order valence-electron chi connectivity index (χ2n) is 5.24. The normalized spacial score (nSPS) is 10.5. The van der Waals surface area contributed by atoms with Crippen LogP contribution in [0.2, 0.25) is 0 Å². The number of anilines is 1.